The first-order valence-electron chi connectivity index (χ1n) is 10.4. The summed E-state index contributed by atoms with van der Waals surface area (Å²) >= 11 is 0. The third-order valence-corrected chi connectivity index (χ3v) is 5.91. The van der Waals surface area contributed by atoms with Crippen molar-refractivity contribution < 1.29 is 14.4 Å². The van der Waals surface area contributed by atoms with Crippen LogP contribution in [0.5, 0.6) is 0 Å². The highest BCUT2D eigenvalue weighted by Crippen LogP contribution is 2.32. The van der Waals surface area contributed by atoms with E-state index < -0.39 is 5.92 Å². The Labute approximate surface area is 172 Å². The highest BCUT2D eigenvalue weighted by molar-refractivity contribution is 5.98. The molecular formula is C23H31N3O3. The summed E-state index contributed by atoms with van der Waals surface area (Å²) in [6.45, 7) is 2.23. The van der Waals surface area contributed by atoms with Gasteiger partial charge in [0.25, 0.3) is 5.91 Å². The van der Waals surface area contributed by atoms with Crippen LogP contribution in [0, 0.1) is 5.92 Å². The van der Waals surface area contributed by atoms with Crippen molar-refractivity contribution in [2.24, 2.45) is 5.92 Å². The minimum atomic E-state index is -0.511. The molecule has 1 aromatic rings. The van der Waals surface area contributed by atoms with Gasteiger partial charge in [-0.25, -0.2) is 0 Å². The number of likely N-dealkylation sites (N-methyl/N-ethyl adjacent to an activating group) is 1. The van der Waals surface area contributed by atoms with Gasteiger partial charge in [0.15, 0.2) is 0 Å². The predicted octanol–water partition coefficient (Wildman–Crippen LogP) is 2.85. The van der Waals surface area contributed by atoms with Crippen LogP contribution >= 0.6 is 0 Å². The molecule has 0 radical (unpaired) electrons. The summed E-state index contributed by atoms with van der Waals surface area (Å²) in [5.74, 6) is -0.786. The van der Waals surface area contributed by atoms with E-state index in [0.717, 1.165) is 31.2 Å². The standard InChI is InChI=1S/C23H31N3O3/c1-16-20(23(29)25(2)3)13-18(14-21(27)24-19-11-7-8-12-19)22(28)26(16)15-17-9-5-4-6-10-17/h4-6,9-10,18-19H,7-8,11-15H2,1-3H3,(H,24,27). The molecule has 6 heteroatoms. The van der Waals surface area contributed by atoms with Gasteiger partial charge in [0, 0.05) is 37.8 Å². The van der Waals surface area contributed by atoms with E-state index in [1.165, 1.54) is 4.90 Å². The lowest BCUT2D eigenvalue weighted by molar-refractivity contribution is -0.139. The SMILES string of the molecule is CC1=C(C(=O)N(C)C)CC(CC(=O)NC2CCCC2)C(=O)N1Cc1ccccc1. The fraction of sp³-hybridized carbons (Fsp3) is 0.522. The minimum Gasteiger partial charge on any atom is -0.353 e. The number of hydrogen-bond acceptors (Lipinski definition) is 3. The maximum atomic E-state index is 13.2. The van der Waals surface area contributed by atoms with Crippen LogP contribution in [0.1, 0.15) is 51.0 Å². The molecule has 1 unspecified atom stereocenters. The largest absolute Gasteiger partial charge is 0.353 e. The fourth-order valence-electron chi connectivity index (χ4n) is 4.24. The van der Waals surface area contributed by atoms with E-state index in [1.807, 2.05) is 37.3 Å². The number of benzene rings is 1. The maximum absolute atomic E-state index is 13.2. The van der Waals surface area contributed by atoms with E-state index in [9.17, 15) is 14.4 Å². The van der Waals surface area contributed by atoms with Crippen LogP contribution in [0.3, 0.4) is 0 Å². The Bertz CT molecular complexity index is 795. The summed E-state index contributed by atoms with van der Waals surface area (Å²) in [7, 11) is 3.42. The van der Waals surface area contributed by atoms with Gasteiger partial charge >= 0.3 is 0 Å². The van der Waals surface area contributed by atoms with Crippen LogP contribution in [-0.2, 0) is 20.9 Å². The van der Waals surface area contributed by atoms with Crippen molar-refractivity contribution in [1.29, 1.82) is 0 Å². The number of carbonyl (C=O) groups is 3. The van der Waals surface area contributed by atoms with Crippen LogP contribution < -0.4 is 5.32 Å². The van der Waals surface area contributed by atoms with Crippen LogP contribution in [-0.4, -0.2) is 47.7 Å². The summed E-state index contributed by atoms with van der Waals surface area (Å²) in [6, 6.07) is 9.94. The second-order valence-corrected chi connectivity index (χ2v) is 8.33. The van der Waals surface area contributed by atoms with Crippen molar-refractivity contribution in [3.63, 3.8) is 0 Å². The Morgan fingerprint density at radius 3 is 2.41 bits per heavy atom. The maximum Gasteiger partial charge on any atom is 0.251 e. The topological polar surface area (TPSA) is 69.7 Å². The number of rotatable bonds is 6. The zero-order chi connectivity index (χ0) is 21.0. The number of amides is 3. The van der Waals surface area contributed by atoms with Crippen molar-refractivity contribution in [2.45, 2.75) is 58.0 Å². The van der Waals surface area contributed by atoms with E-state index in [-0.39, 0.29) is 30.2 Å². The summed E-state index contributed by atoms with van der Waals surface area (Å²) in [6.07, 6.45) is 4.73. The third-order valence-electron chi connectivity index (χ3n) is 5.91. The number of allylic oxidation sites excluding steroid dienone is 1. The quantitative estimate of drug-likeness (QED) is 0.802. The molecule has 0 bridgehead atoms. The summed E-state index contributed by atoms with van der Waals surface area (Å²) < 4.78 is 0. The molecule has 0 aromatic heterocycles. The number of nitrogens with zero attached hydrogens (tertiary/aromatic N) is 2. The molecule has 3 amide bonds. The number of carbonyl (C=O) groups excluding carboxylic acids is 3. The highest BCUT2D eigenvalue weighted by Gasteiger charge is 2.37. The normalized spacial score (nSPS) is 20.2. The molecule has 3 rings (SSSR count). The van der Waals surface area contributed by atoms with Crippen LogP contribution in [0.15, 0.2) is 41.6 Å². The van der Waals surface area contributed by atoms with Gasteiger partial charge in [0.2, 0.25) is 11.8 Å². The fourth-order valence-corrected chi connectivity index (χ4v) is 4.24. The molecule has 1 N–H and O–H groups in total. The van der Waals surface area contributed by atoms with E-state index in [4.69, 9.17) is 0 Å². The first-order chi connectivity index (χ1) is 13.9. The minimum absolute atomic E-state index is 0.0803. The molecule has 1 aliphatic heterocycles. The predicted molar refractivity (Wildman–Crippen MR) is 112 cm³/mol. The van der Waals surface area contributed by atoms with Crippen molar-refractivity contribution in [3.05, 3.63) is 47.2 Å². The first kappa shape index (κ1) is 21.1. The Kier molecular flexibility index (Phi) is 6.72. The average molecular weight is 398 g/mol. The zero-order valence-corrected chi connectivity index (χ0v) is 17.6. The van der Waals surface area contributed by atoms with Crippen LogP contribution in [0.2, 0.25) is 0 Å². The molecule has 1 aliphatic carbocycles. The first-order valence-corrected chi connectivity index (χ1v) is 10.4. The number of nitrogens with one attached hydrogen (secondary N) is 1. The van der Waals surface area contributed by atoms with Gasteiger partial charge in [-0.15, -0.1) is 0 Å². The Balaban J connectivity index is 1.81. The van der Waals surface area contributed by atoms with Gasteiger partial charge in [-0.1, -0.05) is 43.2 Å². The van der Waals surface area contributed by atoms with Crippen LogP contribution in [0.4, 0.5) is 0 Å². The molecule has 2 aliphatic rings. The van der Waals surface area contributed by atoms with Crippen molar-refractivity contribution >= 4 is 17.7 Å². The third kappa shape index (κ3) is 5.05. The lowest BCUT2D eigenvalue weighted by atomic mass is 9.88. The molecule has 1 aromatic carbocycles. The number of hydrogen-bond donors (Lipinski definition) is 1. The van der Waals surface area contributed by atoms with E-state index >= 15 is 0 Å². The van der Waals surface area contributed by atoms with Crippen LogP contribution in [0.25, 0.3) is 0 Å². The van der Waals surface area contributed by atoms with Gasteiger partial charge in [-0.3, -0.25) is 14.4 Å². The van der Waals surface area contributed by atoms with E-state index in [2.05, 4.69) is 5.32 Å². The molecule has 6 nitrogen and oxygen atoms in total. The van der Waals surface area contributed by atoms with Crippen molar-refractivity contribution in [1.82, 2.24) is 15.1 Å². The molecule has 0 saturated heterocycles. The molecule has 0 spiro atoms. The summed E-state index contributed by atoms with van der Waals surface area (Å²) in [4.78, 5) is 41.8. The molecule has 1 atom stereocenters. The average Bonchev–Trinajstić information content (AvgIpc) is 3.20. The Hall–Kier alpha value is -2.63. The molecule has 1 heterocycles. The molecular weight excluding hydrogens is 366 g/mol. The molecule has 1 saturated carbocycles. The van der Waals surface area contributed by atoms with E-state index in [0.29, 0.717) is 24.2 Å². The molecule has 156 valence electrons. The smallest absolute Gasteiger partial charge is 0.251 e. The molecule has 1 fully saturated rings. The van der Waals surface area contributed by atoms with Gasteiger partial charge in [-0.2, -0.15) is 0 Å². The second kappa shape index (κ2) is 9.25. The lowest BCUT2D eigenvalue weighted by Crippen LogP contribution is -2.44. The van der Waals surface area contributed by atoms with Gasteiger partial charge in [0.05, 0.1) is 12.5 Å². The highest BCUT2D eigenvalue weighted by atomic mass is 16.2. The van der Waals surface area contributed by atoms with Gasteiger partial charge in [0.1, 0.15) is 0 Å². The van der Waals surface area contributed by atoms with Crippen molar-refractivity contribution in [3.8, 4) is 0 Å². The molecule has 29 heavy (non-hydrogen) atoms. The van der Waals surface area contributed by atoms with Gasteiger partial charge in [-0.05, 0) is 31.7 Å². The summed E-state index contributed by atoms with van der Waals surface area (Å²) in [5, 5.41) is 3.07. The van der Waals surface area contributed by atoms with Crippen molar-refractivity contribution in [2.75, 3.05) is 14.1 Å². The van der Waals surface area contributed by atoms with Gasteiger partial charge < -0.3 is 15.1 Å². The summed E-state index contributed by atoms with van der Waals surface area (Å²) in [5.41, 5.74) is 2.29. The Morgan fingerprint density at radius 1 is 1.14 bits per heavy atom. The second-order valence-electron chi connectivity index (χ2n) is 8.33. The lowest BCUT2D eigenvalue weighted by Gasteiger charge is -2.35. The monoisotopic (exact) mass is 397 g/mol. The zero-order valence-electron chi connectivity index (χ0n) is 17.6. The van der Waals surface area contributed by atoms with E-state index in [1.54, 1.807) is 19.0 Å². The Morgan fingerprint density at radius 2 is 1.79 bits per heavy atom.